The summed E-state index contributed by atoms with van der Waals surface area (Å²) in [5, 5.41) is 10.5. The molecule has 5 heteroatoms. The van der Waals surface area contributed by atoms with Crippen LogP contribution in [0.3, 0.4) is 0 Å². The lowest BCUT2D eigenvalue weighted by Crippen LogP contribution is -2.10. The summed E-state index contributed by atoms with van der Waals surface area (Å²) in [4.78, 5) is 12.5. The Morgan fingerprint density at radius 3 is 1.96 bits per heavy atom. The van der Waals surface area contributed by atoms with Gasteiger partial charge in [0, 0.05) is 12.1 Å². The number of non-ortho nitro benzene ring substituents is 1. The molecule has 118 valence electrons. The fourth-order valence-electron chi connectivity index (χ4n) is 2.53. The second kappa shape index (κ2) is 8.49. The number of nitro benzene ring substituents is 1. The minimum atomic E-state index is -0.419. The van der Waals surface area contributed by atoms with E-state index in [2.05, 4.69) is 11.9 Å². The van der Waals surface area contributed by atoms with Gasteiger partial charge in [0.05, 0.1) is 12.8 Å². The average Bonchev–Trinajstić information content (AvgIpc) is 3.06. The summed E-state index contributed by atoms with van der Waals surface area (Å²) in [5.41, 5.74) is 1.93. The standard InChI is InChI=1S/C13H10BNO2.C5H11N/c14-13(10-4-2-1-3-5-10)11-6-8-12(9-7-11)15(16)17;1-6-4-2-3-5-6/h1-9,13H;2-5H2,1H3. The molecule has 0 saturated carbocycles. The maximum Gasteiger partial charge on any atom is 0.269 e. The van der Waals surface area contributed by atoms with Crippen LogP contribution in [0.1, 0.15) is 29.8 Å². The van der Waals surface area contributed by atoms with E-state index in [0.717, 1.165) is 11.1 Å². The van der Waals surface area contributed by atoms with Crippen LogP contribution in [0.4, 0.5) is 5.69 Å². The number of nitrogens with zero attached hydrogens (tertiary/aromatic N) is 2. The lowest BCUT2D eigenvalue weighted by atomic mass is 9.76. The Morgan fingerprint density at radius 1 is 1.00 bits per heavy atom. The summed E-state index contributed by atoms with van der Waals surface area (Å²) in [7, 11) is 8.25. The average molecular weight is 308 g/mol. The molecule has 1 saturated heterocycles. The highest BCUT2D eigenvalue weighted by atomic mass is 16.6. The Bertz CT molecular complexity index is 611. The molecule has 1 fully saturated rings. The Balaban J connectivity index is 0.000000268. The predicted molar refractivity (Wildman–Crippen MR) is 93.9 cm³/mol. The maximum atomic E-state index is 10.5. The third kappa shape index (κ3) is 5.22. The van der Waals surface area contributed by atoms with Crippen molar-refractivity contribution in [3.8, 4) is 0 Å². The molecule has 23 heavy (non-hydrogen) atoms. The van der Waals surface area contributed by atoms with Crippen LogP contribution >= 0.6 is 0 Å². The monoisotopic (exact) mass is 308 g/mol. The molecule has 2 radical (unpaired) electrons. The Labute approximate surface area is 138 Å². The highest BCUT2D eigenvalue weighted by Crippen LogP contribution is 2.23. The second-order valence-corrected chi connectivity index (χ2v) is 5.75. The van der Waals surface area contributed by atoms with Gasteiger partial charge in [0.15, 0.2) is 0 Å². The molecule has 2 aromatic rings. The SMILES string of the molecule is CN1CCCC1.[B]C(c1ccccc1)c1ccc([N+](=O)[O-])cc1. The molecule has 0 N–H and O–H groups in total. The Hall–Kier alpha value is -2.14. The van der Waals surface area contributed by atoms with Crippen LogP contribution < -0.4 is 0 Å². The predicted octanol–water partition coefficient (Wildman–Crippen LogP) is 3.56. The van der Waals surface area contributed by atoms with Crippen molar-refractivity contribution in [3.63, 3.8) is 0 Å². The number of nitro groups is 1. The Morgan fingerprint density at radius 2 is 1.52 bits per heavy atom. The van der Waals surface area contributed by atoms with E-state index in [1.165, 1.54) is 38.1 Å². The van der Waals surface area contributed by atoms with Crippen LogP contribution in [0.5, 0.6) is 0 Å². The molecule has 0 amide bonds. The van der Waals surface area contributed by atoms with E-state index in [4.69, 9.17) is 7.85 Å². The molecule has 0 spiro atoms. The van der Waals surface area contributed by atoms with Crippen molar-refractivity contribution in [1.82, 2.24) is 4.90 Å². The zero-order valence-electron chi connectivity index (χ0n) is 13.4. The molecule has 4 nitrogen and oxygen atoms in total. The maximum absolute atomic E-state index is 10.5. The molecule has 1 atom stereocenters. The van der Waals surface area contributed by atoms with E-state index in [9.17, 15) is 10.1 Å². The van der Waals surface area contributed by atoms with Crippen molar-refractivity contribution >= 4 is 13.5 Å². The van der Waals surface area contributed by atoms with Gasteiger partial charge in [-0.05, 0) is 49.9 Å². The molecule has 3 rings (SSSR count). The van der Waals surface area contributed by atoms with Gasteiger partial charge in [-0.1, -0.05) is 42.5 Å². The summed E-state index contributed by atoms with van der Waals surface area (Å²) in [5.74, 6) is -0.253. The van der Waals surface area contributed by atoms with Crippen molar-refractivity contribution in [3.05, 3.63) is 75.8 Å². The summed E-state index contributed by atoms with van der Waals surface area (Å²) < 4.78 is 0. The first kappa shape index (κ1) is 17.2. The van der Waals surface area contributed by atoms with Crippen LogP contribution in [0, 0.1) is 10.1 Å². The van der Waals surface area contributed by atoms with Crippen molar-refractivity contribution in [2.45, 2.75) is 18.7 Å². The summed E-state index contributed by atoms with van der Waals surface area (Å²) >= 11 is 0. The first-order chi connectivity index (χ1) is 11.1. The van der Waals surface area contributed by atoms with Gasteiger partial charge in [-0.15, -0.1) is 0 Å². The van der Waals surface area contributed by atoms with E-state index >= 15 is 0 Å². The molecule has 1 aliphatic rings. The lowest BCUT2D eigenvalue weighted by Gasteiger charge is -2.12. The number of hydrogen-bond donors (Lipinski definition) is 0. The van der Waals surface area contributed by atoms with E-state index < -0.39 is 4.92 Å². The zero-order valence-corrected chi connectivity index (χ0v) is 13.4. The minimum Gasteiger partial charge on any atom is -0.306 e. The van der Waals surface area contributed by atoms with Gasteiger partial charge in [0.1, 0.15) is 0 Å². The van der Waals surface area contributed by atoms with Gasteiger partial charge in [0.2, 0.25) is 0 Å². The number of rotatable bonds is 3. The third-order valence-corrected chi connectivity index (χ3v) is 3.95. The van der Waals surface area contributed by atoms with Gasteiger partial charge >= 0.3 is 0 Å². The molecule has 0 aliphatic carbocycles. The number of likely N-dealkylation sites (tertiary alicyclic amines) is 1. The largest absolute Gasteiger partial charge is 0.306 e. The summed E-state index contributed by atoms with van der Waals surface area (Å²) in [6, 6.07) is 16.0. The molecule has 0 aromatic heterocycles. The topological polar surface area (TPSA) is 46.4 Å². The van der Waals surface area contributed by atoms with Crippen LogP contribution in [0.2, 0.25) is 0 Å². The van der Waals surface area contributed by atoms with E-state index in [-0.39, 0.29) is 11.5 Å². The highest BCUT2D eigenvalue weighted by molar-refractivity contribution is 6.14. The molecule has 1 unspecified atom stereocenters. The fraction of sp³-hybridized carbons (Fsp3) is 0.333. The van der Waals surface area contributed by atoms with Crippen LogP contribution in [0.25, 0.3) is 0 Å². The van der Waals surface area contributed by atoms with Gasteiger partial charge < -0.3 is 4.90 Å². The summed E-state index contributed by atoms with van der Waals surface area (Å²) in [6.07, 6.45) is 2.83. The van der Waals surface area contributed by atoms with Crippen molar-refractivity contribution in [1.29, 1.82) is 0 Å². The van der Waals surface area contributed by atoms with E-state index in [0.29, 0.717) is 0 Å². The lowest BCUT2D eigenvalue weighted by molar-refractivity contribution is -0.384. The Kier molecular flexibility index (Phi) is 6.35. The van der Waals surface area contributed by atoms with Gasteiger partial charge in [-0.25, -0.2) is 0 Å². The summed E-state index contributed by atoms with van der Waals surface area (Å²) in [6.45, 7) is 2.64. The smallest absolute Gasteiger partial charge is 0.269 e. The third-order valence-electron chi connectivity index (χ3n) is 3.95. The van der Waals surface area contributed by atoms with Crippen LogP contribution in [-0.4, -0.2) is 37.8 Å². The van der Waals surface area contributed by atoms with Crippen molar-refractivity contribution in [2.75, 3.05) is 20.1 Å². The van der Waals surface area contributed by atoms with E-state index in [1.54, 1.807) is 12.1 Å². The van der Waals surface area contributed by atoms with Crippen LogP contribution in [-0.2, 0) is 0 Å². The molecule has 0 bridgehead atoms. The quantitative estimate of drug-likeness (QED) is 0.495. The van der Waals surface area contributed by atoms with Crippen molar-refractivity contribution in [2.24, 2.45) is 0 Å². The van der Waals surface area contributed by atoms with Gasteiger partial charge in [-0.3, -0.25) is 10.1 Å². The highest BCUT2D eigenvalue weighted by Gasteiger charge is 2.10. The molecule has 2 aromatic carbocycles. The zero-order chi connectivity index (χ0) is 16.7. The molecular formula is C18H21BN2O2. The minimum absolute atomic E-state index is 0.0778. The normalized spacial score (nSPS) is 15.5. The second-order valence-electron chi connectivity index (χ2n) is 5.75. The molecule has 1 heterocycles. The fourth-order valence-corrected chi connectivity index (χ4v) is 2.53. The first-order valence-electron chi connectivity index (χ1n) is 7.81. The van der Waals surface area contributed by atoms with Crippen LogP contribution in [0.15, 0.2) is 54.6 Å². The molecule has 1 aliphatic heterocycles. The molecular weight excluding hydrogens is 287 g/mol. The number of benzene rings is 2. The van der Waals surface area contributed by atoms with Crippen molar-refractivity contribution < 1.29 is 4.92 Å². The first-order valence-corrected chi connectivity index (χ1v) is 7.81. The van der Waals surface area contributed by atoms with Gasteiger partial charge in [-0.2, -0.15) is 0 Å². The van der Waals surface area contributed by atoms with Gasteiger partial charge in [0.25, 0.3) is 5.69 Å². The number of hydrogen-bond acceptors (Lipinski definition) is 3. The van der Waals surface area contributed by atoms with E-state index in [1.807, 2.05) is 30.3 Å².